The molecule has 11 nitrogen and oxygen atoms in total. The van der Waals surface area contributed by atoms with Crippen molar-refractivity contribution in [1.82, 2.24) is 0 Å². The van der Waals surface area contributed by atoms with Gasteiger partial charge in [-0.15, -0.1) is 5.11 Å². The number of azo groups is 1. The minimum Gasteiger partial charge on any atom is -0.459 e. The van der Waals surface area contributed by atoms with Crippen molar-refractivity contribution >= 4 is 17.6 Å². The predicted molar refractivity (Wildman–Crippen MR) is 125 cm³/mol. The molecule has 0 saturated heterocycles. The van der Waals surface area contributed by atoms with Crippen molar-refractivity contribution in [1.29, 1.82) is 10.5 Å². The summed E-state index contributed by atoms with van der Waals surface area (Å²) in [5.74, 6) is -6.13. The molecule has 3 rings (SSSR count). The van der Waals surface area contributed by atoms with Gasteiger partial charge in [0.2, 0.25) is 5.75 Å². The second-order valence-electron chi connectivity index (χ2n) is 9.03. The van der Waals surface area contributed by atoms with Crippen molar-refractivity contribution in [3.8, 4) is 23.6 Å². The van der Waals surface area contributed by atoms with E-state index in [1.54, 1.807) is 20.8 Å². The summed E-state index contributed by atoms with van der Waals surface area (Å²) >= 11 is 0. The van der Waals surface area contributed by atoms with Crippen LogP contribution in [0.3, 0.4) is 0 Å². The Morgan fingerprint density at radius 1 is 1.16 bits per heavy atom. The second kappa shape index (κ2) is 10.3. The average molecular weight is 505 g/mol. The highest BCUT2D eigenvalue weighted by atomic mass is 19.1. The number of rotatable bonds is 6. The summed E-state index contributed by atoms with van der Waals surface area (Å²) in [5.41, 5.74) is -2.20. The van der Waals surface area contributed by atoms with Crippen LogP contribution in [0, 0.1) is 44.5 Å². The van der Waals surface area contributed by atoms with Gasteiger partial charge in [-0.25, -0.2) is 4.39 Å². The Balaban J connectivity index is 2.22. The zero-order chi connectivity index (χ0) is 27.5. The van der Waals surface area contributed by atoms with Crippen LogP contribution in [0.15, 0.2) is 52.3 Å². The molecule has 37 heavy (non-hydrogen) atoms. The Morgan fingerprint density at radius 2 is 1.78 bits per heavy atom. The minimum atomic E-state index is -1.54. The Kier molecular flexibility index (Phi) is 7.44. The molecule has 188 valence electrons. The summed E-state index contributed by atoms with van der Waals surface area (Å²) in [6.45, 7) is 6.31. The molecule has 2 atom stereocenters. The smallest absolute Gasteiger partial charge is 0.320 e. The third-order valence-electron chi connectivity index (χ3n) is 5.01. The SMILES string of the molecule is CC1C=C(C(C(=O)OC(C)(C)C)c2ccc([N+](=O)[O-])c(Oc3cc(C#N)cc(C#N)c3)c2F)N=NC1=O. The maximum atomic E-state index is 16.0. The van der Waals surface area contributed by atoms with Crippen LogP contribution in [0.25, 0.3) is 0 Å². The third kappa shape index (κ3) is 6.00. The van der Waals surface area contributed by atoms with E-state index in [4.69, 9.17) is 9.47 Å². The number of halogens is 1. The number of esters is 1. The predicted octanol–water partition coefficient (Wildman–Crippen LogP) is 5.21. The van der Waals surface area contributed by atoms with Gasteiger partial charge in [-0.2, -0.15) is 15.6 Å². The number of hydrogen-bond acceptors (Lipinski definition) is 9. The minimum absolute atomic E-state index is 0.00586. The third-order valence-corrected chi connectivity index (χ3v) is 5.01. The molecule has 0 fully saturated rings. The molecular weight excluding hydrogens is 485 g/mol. The first-order chi connectivity index (χ1) is 17.3. The molecule has 0 aliphatic carbocycles. The summed E-state index contributed by atoms with van der Waals surface area (Å²) < 4.78 is 26.9. The number of amides is 1. The zero-order valence-corrected chi connectivity index (χ0v) is 20.2. The van der Waals surface area contributed by atoms with Crippen LogP contribution in [-0.2, 0) is 14.3 Å². The van der Waals surface area contributed by atoms with E-state index in [1.807, 2.05) is 12.1 Å². The number of nitro benzene ring substituents is 1. The van der Waals surface area contributed by atoms with E-state index in [9.17, 15) is 30.2 Å². The summed E-state index contributed by atoms with van der Waals surface area (Å²) in [4.78, 5) is 35.8. The van der Waals surface area contributed by atoms with E-state index in [2.05, 4.69) is 10.2 Å². The van der Waals surface area contributed by atoms with Crippen LogP contribution in [0.5, 0.6) is 11.5 Å². The topological polar surface area (TPSA) is 168 Å². The molecule has 0 saturated carbocycles. The van der Waals surface area contributed by atoms with E-state index in [1.165, 1.54) is 31.2 Å². The molecular formula is C25H20FN5O6. The number of carbonyl (C=O) groups excluding carboxylic acids is 2. The number of nitrogens with zero attached hydrogens (tertiary/aromatic N) is 5. The van der Waals surface area contributed by atoms with Crippen molar-refractivity contribution in [3.05, 3.63) is 74.7 Å². The molecule has 0 radical (unpaired) electrons. The van der Waals surface area contributed by atoms with Gasteiger partial charge in [-0.1, -0.05) is 0 Å². The quantitative estimate of drug-likeness (QED) is 0.293. The highest BCUT2D eigenvalue weighted by molar-refractivity contribution is 5.86. The summed E-state index contributed by atoms with van der Waals surface area (Å²) in [7, 11) is 0. The first-order valence-corrected chi connectivity index (χ1v) is 10.8. The molecule has 2 aromatic rings. The largest absolute Gasteiger partial charge is 0.459 e. The molecule has 0 N–H and O–H groups in total. The van der Waals surface area contributed by atoms with E-state index >= 15 is 4.39 Å². The highest BCUT2D eigenvalue weighted by Gasteiger charge is 2.37. The number of benzene rings is 2. The lowest BCUT2D eigenvalue weighted by atomic mass is 9.91. The van der Waals surface area contributed by atoms with E-state index in [0.717, 1.165) is 12.1 Å². The number of carbonyl (C=O) groups is 2. The zero-order valence-electron chi connectivity index (χ0n) is 20.2. The monoisotopic (exact) mass is 505 g/mol. The van der Waals surface area contributed by atoms with Gasteiger partial charge in [-0.3, -0.25) is 19.7 Å². The standard InChI is InChI=1S/C25H20FN5O6/c1-13-7-18(29-30-23(13)32)20(24(33)37-25(2,3)4)17-5-6-19(31(34)35)22(21(17)26)36-16-9-14(11-27)8-15(10-16)12-28/h5-10,13,20H,1-4H3. The fraction of sp³-hybridized carbons (Fsp3) is 0.280. The van der Waals surface area contributed by atoms with Gasteiger partial charge in [-0.05, 0) is 58.0 Å². The molecule has 2 aromatic carbocycles. The number of nitriles is 2. The fourth-order valence-corrected chi connectivity index (χ4v) is 3.41. The second-order valence-corrected chi connectivity index (χ2v) is 9.03. The van der Waals surface area contributed by atoms with Gasteiger partial charge in [0.25, 0.3) is 5.91 Å². The van der Waals surface area contributed by atoms with Crippen molar-refractivity contribution in [2.75, 3.05) is 0 Å². The maximum absolute atomic E-state index is 16.0. The average Bonchev–Trinajstić information content (AvgIpc) is 2.82. The Bertz CT molecular complexity index is 1410. The molecule has 2 unspecified atom stereocenters. The normalized spacial score (nSPS) is 15.7. The van der Waals surface area contributed by atoms with Gasteiger partial charge in [0.05, 0.1) is 39.8 Å². The number of hydrogen-bond donors (Lipinski definition) is 0. The molecule has 1 amide bonds. The molecule has 12 heteroatoms. The lowest BCUT2D eigenvalue weighted by Crippen LogP contribution is -2.29. The Morgan fingerprint density at radius 3 is 2.30 bits per heavy atom. The van der Waals surface area contributed by atoms with Gasteiger partial charge < -0.3 is 9.47 Å². The van der Waals surface area contributed by atoms with Crippen LogP contribution in [-0.4, -0.2) is 22.4 Å². The lowest BCUT2D eigenvalue weighted by molar-refractivity contribution is -0.385. The van der Waals surface area contributed by atoms with Gasteiger partial charge >= 0.3 is 11.7 Å². The number of nitro groups is 1. The van der Waals surface area contributed by atoms with Crippen molar-refractivity contribution in [2.45, 2.75) is 39.2 Å². The van der Waals surface area contributed by atoms with Gasteiger partial charge in [0.1, 0.15) is 17.3 Å². The van der Waals surface area contributed by atoms with Crippen molar-refractivity contribution in [2.24, 2.45) is 16.1 Å². The van der Waals surface area contributed by atoms with Crippen LogP contribution in [0.1, 0.15) is 50.3 Å². The van der Waals surface area contributed by atoms with E-state index < -0.39 is 51.5 Å². The van der Waals surface area contributed by atoms with Crippen LogP contribution >= 0.6 is 0 Å². The first kappa shape index (κ1) is 26.6. The summed E-state index contributed by atoms with van der Waals surface area (Å²) in [5, 5.41) is 37.4. The van der Waals surface area contributed by atoms with Crippen molar-refractivity contribution < 1.29 is 28.4 Å². The van der Waals surface area contributed by atoms with E-state index in [-0.39, 0.29) is 28.1 Å². The molecule has 0 spiro atoms. The Hall–Kier alpha value is -4.97. The fourth-order valence-electron chi connectivity index (χ4n) is 3.41. The summed E-state index contributed by atoms with van der Waals surface area (Å²) in [6, 6.07) is 9.22. The van der Waals surface area contributed by atoms with Gasteiger partial charge in [0.15, 0.2) is 5.82 Å². The summed E-state index contributed by atoms with van der Waals surface area (Å²) in [6.07, 6.45) is 1.33. The molecule has 0 bridgehead atoms. The number of ether oxygens (including phenoxy) is 2. The van der Waals surface area contributed by atoms with Crippen LogP contribution in [0.4, 0.5) is 10.1 Å². The Labute approximate surface area is 210 Å². The van der Waals surface area contributed by atoms with E-state index in [0.29, 0.717) is 0 Å². The molecule has 1 aliphatic rings. The molecule has 0 aromatic heterocycles. The van der Waals surface area contributed by atoms with Crippen molar-refractivity contribution in [3.63, 3.8) is 0 Å². The molecule has 1 heterocycles. The highest BCUT2D eigenvalue weighted by Crippen LogP contribution is 2.41. The van der Waals surface area contributed by atoms with Gasteiger partial charge in [0, 0.05) is 11.6 Å². The lowest BCUT2D eigenvalue weighted by Gasteiger charge is -2.25. The molecule has 1 aliphatic heterocycles. The van der Waals surface area contributed by atoms with Crippen LogP contribution in [0.2, 0.25) is 0 Å². The first-order valence-electron chi connectivity index (χ1n) is 10.8. The maximum Gasteiger partial charge on any atom is 0.320 e. The van der Waals surface area contributed by atoms with Crippen LogP contribution < -0.4 is 4.74 Å².